The van der Waals surface area contributed by atoms with Crippen molar-refractivity contribution in [3.8, 4) is 0 Å². The summed E-state index contributed by atoms with van der Waals surface area (Å²) in [6.07, 6.45) is 2.72. The maximum absolute atomic E-state index is 14.8. The van der Waals surface area contributed by atoms with Gasteiger partial charge in [0.25, 0.3) is 10.0 Å². The Hall–Kier alpha value is -3.85. The Balaban J connectivity index is 2.04. The number of methoxy groups -OCH3 is 1. The van der Waals surface area contributed by atoms with Gasteiger partial charge in [-0.2, -0.15) is 0 Å². The molecule has 0 amide bonds. The summed E-state index contributed by atoms with van der Waals surface area (Å²) in [5, 5.41) is 0.265. The van der Waals surface area contributed by atoms with E-state index in [9.17, 15) is 22.0 Å². The molecule has 0 radical (unpaired) electrons. The highest BCUT2D eigenvalue weighted by Crippen LogP contribution is 2.34. The monoisotopic (exact) mass is 496 g/mol. The molecule has 4 aromatic rings. The fourth-order valence-electron chi connectivity index (χ4n) is 3.79. The Morgan fingerprint density at radius 2 is 1.77 bits per heavy atom. The first kappa shape index (κ1) is 24.3. The lowest BCUT2D eigenvalue weighted by Crippen LogP contribution is -2.16. The maximum atomic E-state index is 14.8. The quantitative estimate of drug-likeness (QED) is 0.333. The molecule has 9 heteroatoms. The van der Waals surface area contributed by atoms with Gasteiger partial charge in [-0.1, -0.05) is 44.2 Å². The van der Waals surface area contributed by atoms with Crippen molar-refractivity contribution >= 4 is 32.6 Å². The summed E-state index contributed by atoms with van der Waals surface area (Å²) < 4.78 is 62.0. The summed E-state index contributed by atoms with van der Waals surface area (Å²) in [7, 11) is -3.02. The Bertz CT molecular complexity index is 1560. The molecule has 0 bridgehead atoms. The molecule has 0 aliphatic carbocycles. The number of halogens is 2. The molecule has 0 saturated carbocycles. The van der Waals surface area contributed by atoms with Crippen molar-refractivity contribution in [2.45, 2.75) is 18.7 Å². The fourth-order valence-corrected chi connectivity index (χ4v) is 5.30. The lowest BCUT2D eigenvalue weighted by molar-refractivity contribution is 0.0595. The van der Waals surface area contributed by atoms with Gasteiger partial charge in [0.15, 0.2) is 5.65 Å². The van der Waals surface area contributed by atoms with Crippen LogP contribution in [0.3, 0.4) is 0 Å². The summed E-state index contributed by atoms with van der Waals surface area (Å²) in [6.45, 7) is 3.77. The van der Waals surface area contributed by atoms with Gasteiger partial charge >= 0.3 is 5.97 Å². The zero-order valence-electron chi connectivity index (χ0n) is 19.2. The molecule has 0 aliphatic rings. The molecule has 180 valence electrons. The van der Waals surface area contributed by atoms with E-state index in [1.165, 1.54) is 36.4 Å². The number of aromatic nitrogens is 2. The van der Waals surface area contributed by atoms with Crippen molar-refractivity contribution in [2.24, 2.45) is 5.92 Å². The Morgan fingerprint density at radius 1 is 1.06 bits per heavy atom. The Kier molecular flexibility index (Phi) is 6.53. The van der Waals surface area contributed by atoms with Gasteiger partial charge in [0.2, 0.25) is 0 Å². The topological polar surface area (TPSA) is 78.3 Å². The minimum absolute atomic E-state index is 0.0148. The number of esters is 1. The molecule has 0 unspecified atom stereocenters. The van der Waals surface area contributed by atoms with Crippen LogP contribution in [0.4, 0.5) is 8.78 Å². The smallest absolute Gasteiger partial charge is 0.340 e. The standard InChI is InChI=1S/C26H22F2N2O4S/c1-16(2)11-22(17-9-10-21(23(28)13-17)26(31)34-3)24-14-18-12-19(27)15-29-25(18)30(24)35(32,33)20-7-5-4-6-8-20/h4-16H,1-3H3. The summed E-state index contributed by atoms with van der Waals surface area (Å²) in [5.74, 6) is -2.34. The van der Waals surface area contributed by atoms with Gasteiger partial charge in [-0.25, -0.2) is 30.9 Å². The SMILES string of the molecule is COC(=O)c1ccc(C(=CC(C)C)c2cc3cc(F)cnc3n2S(=O)(=O)c2ccccc2)cc1F. The first-order valence-electron chi connectivity index (χ1n) is 10.7. The number of hydrogen-bond acceptors (Lipinski definition) is 5. The van der Waals surface area contributed by atoms with Gasteiger partial charge in [0.1, 0.15) is 11.6 Å². The van der Waals surface area contributed by atoms with Crippen LogP contribution in [0.15, 0.2) is 77.8 Å². The molecule has 2 heterocycles. The second-order valence-electron chi connectivity index (χ2n) is 8.19. The largest absolute Gasteiger partial charge is 0.465 e. The molecule has 6 nitrogen and oxygen atoms in total. The predicted octanol–water partition coefficient (Wildman–Crippen LogP) is 5.43. The van der Waals surface area contributed by atoms with Crippen LogP contribution >= 0.6 is 0 Å². The third-order valence-corrected chi connectivity index (χ3v) is 7.03. The number of pyridine rings is 1. The fraction of sp³-hybridized carbons (Fsp3) is 0.154. The molecular weight excluding hydrogens is 474 g/mol. The molecule has 35 heavy (non-hydrogen) atoms. The van der Waals surface area contributed by atoms with E-state index in [4.69, 9.17) is 0 Å². The predicted molar refractivity (Wildman–Crippen MR) is 128 cm³/mol. The van der Waals surface area contributed by atoms with Gasteiger partial charge in [0, 0.05) is 11.0 Å². The third kappa shape index (κ3) is 4.59. The number of ether oxygens (including phenoxy) is 1. The van der Waals surface area contributed by atoms with E-state index in [1.807, 2.05) is 13.8 Å². The van der Waals surface area contributed by atoms with E-state index in [0.717, 1.165) is 23.3 Å². The summed E-state index contributed by atoms with van der Waals surface area (Å²) >= 11 is 0. The van der Waals surface area contributed by atoms with E-state index < -0.39 is 27.6 Å². The molecule has 2 aromatic heterocycles. The van der Waals surface area contributed by atoms with E-state index >= 15 is 0 Å². The highest BCUT2D eigenvalue weighted by molar-refractivity contribution is 7.90. The minimum Gasteiger partial charge on any atom is -0.465 e. The van der Waals surface area contributed by atoms with Crippen molar-refractivity contribution in [1.29, 1.82) is 0 Å². The molecule has 0 saturated heterocycles. The van der Waals surface area contributed by atoms with Gasteiger partial charge in [-0.3, -0.25) is 0 Å². The van der Waals surface area contributed by atoms with Crippen molar-refractivity contribution in [3.63, 3.8) is 0 Å². The van der Waals surface area contributed by atoms with Gasteiger partial charge in [0.05, 0.1) is 29.5 Å². The number of nitrogens with zero attached hydrogens (tertiary/aromatic N) is 2. The van der Waals surface area contributed by atoms with E-state index in [0.29, 0.717) is 11.1 Å². The number of hydrogen-bond donors (Lipinski definition) is 0. The molecule has 0 N–H and O–H groups in total. The second kappa shape index (κ2) is 9.42. The first-order valence-corrected chi connectivity index (χ1v) is 12.2. The molecule has 4 rings (SSSR count). The van der Waals surface area contributed by atoms with Crippen LogP contribution < -0.4 is 0 Å². The molecule has 0 spiro atoms. The molecule has 0 fully saturated rings. The summed E-state index contributed by atoms with van der Waals surface area (Å²) in [4.78, 5) is 15.9. The van der Waals surface area contributed by atoms with Crippen molar-refractivity contribution < 1.29 is 26.7 Å². The average Bonchev–Trinajstić information content (AvgIpc) is 3.21. The van der Waals surface area contributed by atoms with E-state index in [2.05, 4.69) is 9.72 Å². The van der Waals surface area contributed by atoms with Gasteiger partial charge < -0.3 is 4.74 Å². The lowest BCUT2D eigenvalue weighted by atomic mass is 9.97. The van der Waals surface area contributed by atoms with Crippen molar-refractivity contribution in [1.82, 2.24) is 8.96 Å². The average molecular weight is 497 g/mol. The maximum Gasteiger partial charge on any atom is 0.340 e. The number of rotatable bonds is 6. The van der Waals surface area contributed by atoms with Crippen LogP contribution in [0.25, 0.3) is 16.6 Å². The molecular formula is C26H22F2N2O4S. The lowest BCUT2D eigenvalue weighted by Gasteiger charge is -2.16. The Morgan fingerprint density at radius 3 is 2.40 bits per heavy atom. The molecule has 0 aliphatic heterocycles. The number of carbonyl (C=O) groups is 1. The van der Waals surface area contributed by atoms with Crippen LogP contribution in [0.2, 0.25) is 0 Å². The van der Waals surface area contributed by atoms with E-state index in [1.54, 1.807) is 24.3 Å². The number of allylic oxidation sites excluding steroid dienone is 1. The van der Waals surface area contributed by atoms with Crippen LogP contribution in [0, 0.1) is 17.6 Å². The minimum atomic E-state index is -4.17. The van der Waals surface area contributed by atoms with Gasteiger partial charge in [-0.15, -0.1) is 0 Å². The zero-order chi connectivity index (χ0) is 25.3. The van der Waals surface area contributed by atoms with Crippen LogP contribution in [0.5, 0.6) is 0 Å². The number of fused-ring (bicyclic) bond motifs is 1. The van der Waals surface area contributed by atoms with Crippen molar-refractivity contribution in [2.75, 3.05) is 7.11 Å². The van der Waals surface area contributed by atoms with Crippen LogP contribution in [-0.2, 0) is 14.8 Å². The van der Waals surface area contributed by atoms with Gasteiger partial charge in [-0.05, 0) is 47.9 Å². The zero-order valence-corrected chi connectivity index (χ0v) is 20.0. The summed E-state index contributed by atoms with van der Waals surface area (Å²) in [6, 6.07) is 14.4. The van der Waals surface area contributed by atoms with E-state index in [-0.39, 0.29) is 33.1 Å². The highest BCUT2D eigenvalue weighted by Gasteiger charge is 2.27. The summed E-state index contributed by atoms with van der Waals surface area (Å²) in [5.41, 5.74) is 0.679. The first-order chi connectivity index (χ1) is 16.6. The normalized spacial score (nSPS) is 12.3. The second-order valence-corrected chi connectivity index (χ2v) is 9.98. The third-order valence-electron chi connectivity index (χ3n) is 5.31. The van der Waals surface area contributed by atoms with Crippen molar-refractivity contribution in [3.05, 3.63) is 101 Å². The molecule has 0 atom stereocenters. The number of benzene rings is 2. The van der Waals surface area contributed by atoms with Crippen LogP contribution in [0.1, 0.15) is 35.5 Å². The Labute approximate surface area is 201 Å². The highest BCUT2D eigenvalue weighted by atomic mass is 32.2. The molecule has 2 aromatic carbocycles. The van der Waals surface area contributed by atoms with Crippen LogP contribution in [-0.4, -0.2) is 30.5 Å². The number of carbonyl (C=O) groups excluding carboxylic acids is 1.